The van der Waals surface area contributed by atoms with E-state index >= 15 is 0 Å². The van der Waals surface area contributed by atoms with Gasteiger partial charge < -0.3 is 10.2 Å². The molecule has 130 valence electrons. The van der Waals surface area contributed by atoms with Gasteiger partial charge in [-0.05, 0) is 44.6 Å². The summed E-state index contributed by atoms with van der Waals surface area (Å²) in [5, 5.41) is 3.40. The van der Waals surface area contributed by atoms with Gasteiger partial charge in [0.05, 0.1) is 11.6 Å². The van der Waals surface area contributed by atoms with E-state index in [2.05, 4.69) is 10.2 Å². The molecule has 2 aromatic carbocycles. The van der Waals surface area contributed by atoms with E-state index in [1.54, 1.807) is 30.3 Å². The summed E-state index contributed by atoms with van der Waals surface area (Å²) >= 11 is 6.08. The second-order valence-electron chi connectivity index (χ2n) is 6.48. The third-order valence-corrected chi connectivity index (χ3v) is 4.75. The first-order valence-corrected chi connectivity index (χ1v) is 8.81. The number of hydrogen-bond donors (Lipinski definition) is 1. The number of piperidine rings is 1. The van der Waals surface area contributed by atoms with Crippen LogP contribution in [0.15, 0.2) is 48.5 Å². The van der Waals surface area contributed by atoms with E-state index in [4.69, 9.17) is 11.6 Å². The molecule has 1 amide bonds. The van der Waals surface area contributed by atoms with Crippen LogP contribution in [0.1, 0.15) is 28.8 Å². The summed E-state index contributed by atoms with van der Waals surface area (Å²) in [4.78, 5) is 27.6. The Bertz CT molecular complexity index is 777. The molecule has 1 fully saturated rings. The number of rotatable bonds is 4. The fraction of sp³-hybridized carbons (Fsp3) is 0.300. The van der Waals surface area contributed by atoms with Gasteiger partial charge in [-0.25, -0.2) is 0 Å². The summed E-state index contributed by atoms with van der Waals surface area (Å²) in [5.74, 6) is -0.260. The normalized spacial score (nSPS) is 17.9. The maximum absolute atomic E-state index is 12.8. The van der Waals surface area contributed by atoms with Gasteiger partial charge in [0.15, 0.2) is 5.78 Å². The molecule has 1 aliphatic heterocycles. The van der Waals surface area contributed by atoms with E-state index in [0.717, 1.165) is 25.9 Å². The maximum atomic E-state index is 12.8. The number of amides is 1. The molecule has 1 heterocycles. The minimum atomic E-state index is -0.154. The first-order valence-electron chi connectivity index (χ1n) is 8.43. The van der Waals surface area contributed by atoms with Gasteiger partial charge in [0.1, 0.15) is 0 Å². The fourth-order valence-corrected chi connectivity index (χ4v) is 3.35. The van der Waals surface area contributed by atoms with Gasteiger partial charge in [0.25, 0.3) is 0 Å². The minimum Gasteiger partial charge on any atom is -0.325 e. The van der Waals surface area contributed by atoms with Crippen LogP contribution in [0.2, 0.25) is 5.02 Å². The highest BCUT2D eigenvalue weighted by molar-refractivity contribution is 6.31. The molecule has 3 rings (SSSR count). The predicted octanol–water partition coefficient (Wildman–Crippen LogP) is 3.85. The summed E-state index contributed by atoms with van der Waals surface area (Å²) in [5.41, 5.74) is 1.49. The maximum Gasteiger partial charge on any atom is 0.228 e. The predicted molar refractivity (Wildman–Crippen MR) is 100 cm³/mol. The lowest BCUT2D eigenvalue weighted by Gasteiger charge is -2.28. The van der Waals surface area contributed by atoms with E-state index in [1.807, 2.05) is 25.2 Å². The summed E-state index contributed by atoms with van der Waals surface area (Å²) in [7, 11) is 2.02. The number of carbonyl (C=O) groups excluding carboxylic acids is 2. The SMILES string of the molecule is CN1CCCC(C(=O)Nc2ccc(Cl)cc2C(=O)c2ccccc2)C1. The van der Waals surface area contributed by atoms with Gasteiger partial charge >= 0.3 is 0 Å². The van der Waals surface area contributed by atoms with Crippen LogP contribution >= 0.6 is 11.6 Å². The Morgan fingerprint density at radius 1 is 1.16 bits per heavy atom. The van der Waals surface area contributed by atoms with Crippen LogP contribution in [0.3, 0.4) is 0 Å². The highest BCUT2D eigenvalue weighted by Gasteiger charge is 2.25. The van der Waals surface area contributed by atoms with Gasteiger partial charge in [0, 0.05) is 22.7 Å². The summed E-state index contributed by atoms with van der Waals surface area (Å²) in [6, 6.07) is 14.0. The van der Waals surface area contributed by atoms with Crippen molar-refractivity contribution >= 4 is 29.0 Å². The molecule has 2 aromatic rings. The monoisotopic (exact) mass is 356 g/mol. The van der Waals surface area contributed by atoms with Crippen LogP contribution in [0, 0.1) is 5.92 Å². The number of benzene rings is 2. The van der Waals surface area contributed by atoms with E-state index in [1.165, 1.54) is 0 Å². The van der Waals surface area contributed by atoms with Crippen molar-refractivity contribution in [1.29, 1.82) is 0 Å². The Morgan fingerprint density at radius 2 is 1.92 bits per heavy atom. The second-order valence-corrected chi connectivity index (χ2v) is 6.91. The fourth-order valence-electron chi connectivity index (χ4n) is 3.17. The zero-order chi connectivity index (χ0) is 17.8. The number of hydrogen-bond acceptors (Lipinski definition) is 3. The third kappa shape index (κ3) is 4.27. The minimum absolute atomic E-state index is 0.0454. The summed E-state index contributed by atoms with van der Waals surface area (Å²) < 4.78 is 0. The van der Waals surface area contributed by atoms with E-state index in [9.17, 15) is 9.59 Å². The molecule has 1 unspecified atom stereocenters. The molecule has 1 atom stereocenters. The number of anilines is 1. The molecule has 1 aliphatic rings. The number of likely N-dealkylation sites (tertiary alicyclic amines) is 1. The van der Waals surface area contributed by atoms with Crippen molar-refractivity contribution < 1.29 is 9.59 Å². The number of halogens is 1. The first-order chi connectivity index (χ1) is 12.0. The quantitative estimate of drug-likeness (QED) is 0.846. The molecule has 1 N–H and O–H groups in total. The smallest absolute Gasteiger partial charge is 0.228 e. The van der Waals surface area contributed by atoms with Crippen molar-refractivity contribution in [3.05, 3.63) is 64.7 Å². The average molecular weight is 357 g/mol. The van der Waals surface area contributed by atoms with Gasteiger partial charge in [0.2, 0.25) is 5.91 Å². The summed E-state index contributed by atoms with van der Waals surface area (Å²) in [6.07, 6.45) is 1.87. The number of nitrogens with one attached hydrogen (secondary N) is 1. The highest BCUT2D eigenvalue weighted by atomic mass is 35.5. The van der Waals surface area contributed by atoms with Crippen molar-refractivity contribution in [3.63, 3.8) is 0 Å². The molecule has 0 radical (unpaired) electrons. The Labute approximate surface area is 152 Å². The molecular weight excluding hydrogens is 336 g/mol. The number of carbonyl (C=O) groups is 2. The van der Waals surface area contributed by atoms with Crippen LogP contribution in [-0.4, -0.2) is 36.7 Å². The summed E-state index contributed by atoms with van der Waals surface area (Å²) in [6.45, 7) is 1.75. The Morgan fingerprint density at radius 3 is 2.64 bits per heavy atom. The molecule has 5 heteroatoms. The van der Waals surface area contributed by atoms with Crippen molar-refractivity contribution in [2.75, 3.05) is 25.5 Å². The van der Waals surface area contributed by atoms with Crippen molar-refractivity contribution in [3.8, 4) is 0 Å². The Hall–Kier alpha value is -2.17. The van der Waals surface area contributed by atoms with Crippen LogP contribution in [0.25, 0.3) is 0 Å². The molecule has 0 bridgehead atoms. The van der Waals surface area contributed by atoms with E-state index < -0.39 is 0 Å². The molecule has 1 saturated heterocycles. The van der Waals surface area contributed by atoms with Gasteiger partial charge in [-0.3, -0.25) is 9.59 Å². The zero-order valence-corrected chi connectivity index (χ0v) is 14.9. The molecule has 0 aliphatic carbocycles. The Kier molecular flexibility index (Phi) is 5.51. The number of nitrogens with zero attached hydrogens (tertiary/aromatic N) is 1. The van der Waals surface area contributed by atoms with Crippen molar-refractivity contribution in [2.45, 2.75) is 12.8 Å². The Balaban J connectivity index is 1.84. The molecule has 0 saturated carbocycles. The molecule has 25 heavy (non-hydrogen) atoms. The van der Waals surface area contributed by atoms with E-state index in [0.29, 0.717) is 21.8 Å². The third-order valence-electron chi connectivity index (χ3n) is 4.52. The zero-order valence-electron chi connectivity index (χ0n) is 14.2. The second kappa shape index (κ2) is 7.81. The lowest BCUT2D eigenvalue weighted by atomic mass is 9.96. The topological polar surface area (TPSA) is 49.4 Å². The molecule has 0 spiro atoms. The van der Waals surface area contributed by atoms with Gasteiger partial charge in [-0.2, -0.15) is 0 Å². The van der Waals surface area contributed by atoms with Crippen molar-refractivity contribution in [1.82, 2.24) is 4.90 Å². The highest BCUT2D eigenvalue weighted by Crippen LogP contribution is 2.25. The molecule has 4 nitrogen and oxygen atoms in total. The van der Waals surface area contributed by atoms with Crippen LogP contribution in [-0.2, 0) is 4.79 Å². The number of ketones is 1. The van der Waals surface area contributed by atoms with Crippen LogP contribution in [0.4, 0.5) is 5.69 Å². The average Bonchev–Trinajstić information content (AvgIpc) is 2.63. The lowest BCUT2D eigenvalue weighted by molar-refractivity contribution is -0.121. The standard InChI is InChI=1S/C20H21ClN2O2/c1-23-11-5-8-15(13-23)20(25)22-18-10-9-16(21)12-17(18)19(24)14-6-3-2-4-7-14/h2-4,6-7,9-10,12,15H,5,8,11,13H2,1H3,(H,22,25). The molecular formula is C20H21ClN2O2. The van der Waals surface area contributed by atoms with Gasteiger partial charge in [-0.15, -0.1) is 0 Å². The van der Waals surface area contributed by atoms with Crippen molar-refractivity contribution in [2.24, 2.45) is 5.92 Å². The largest absolute Gasteiger partial charge is 0.325 e. The van der Waals surface area contributed by atoms with Crippen LogP contribution in [0.5, 0.6) is 0 Å². The van der Waals surface area contributed by atoms with Crippen LogP contribution < -0.4 is 5.32 Å². The lowest BCUT2D eigenvalue weighted by Crippen LogP contribution is -2.38. The molecule has 0 aromatic heterocycles. The van der Waals surface area contributed by atoms with E-state index in [-0.39, 0.29) is 17.6 Å². The first kappa shape index (κ1) is 17.6. The van der Waals surface area contributed by atoms with Gasteiger partial charge in [-0.1, -0.05) is 41.9 Å².